The van der Waals surface area contributed by atoms with Crippen LogP contribution in [0.5, 0.6) is 0 Å². The molecule has 0 aliphatic heterocycles. The monoisotopic (exact) mass is 384 g/mol. The summed E-state index contributed by atoms with van der Waals surface area (Å²) in [6, 6.07) is 9.84. The molecule has 0 atom stereocenters. The van der Waals surface area contributed by atoms with E-state index in [4.69, 9.17) is 0 Å². The lowest BCUT2D eigenvalue weighted by Crippen LogP contribution is -2.27. The van der Waals surface area contributed by atoms with Crippen molar-refractivity contribution in [3.8, 4) is 0 Å². The number of aromatic nitrogens is 2. The molecule has 0 aliphatic rings. The number of aryl methyl sites for hydroxylation is 2. The fourth-order valence-electron chi connectivity index (χ4n) is 2.87. The number of ketones is 1. The summed E-state index contributed by atoms with van der Waals surface area (Å²) in [5.74, 6) is -0.215. The Labute approximate surface area is 163 Å². The molecule has 0 amide bonds. The van der Waals surface area contributed by atoms with Crippen molar-refractivity contribution >= 4 is 23.7 Å². The quantitative estimate of drug-likeness (QED) is 0.253. The van der Waals surface area contributed by atoms with Gasteiger partial charge in [-0.15, -0.1) is 0 Å². The van der Waals surface area contributed by atoms with Crippen LogP contribution >= 0.6 is 0 Å². The van der Waals surface area contributed by atoms with E-state index in [-0.39, 0.29) is 36.2 Å². The molecular formula is C20H24N4O4. The SMILES string of the molecule is CCCCN(Cc1ccccc1)c1nc(C)c([N+](=O)[O-])c(CCC(=O)C=O)n1. The van der Waals surface area contributed by atoms with E-state index >= 15 is 0 Å². The second kappa shape index (κ2) is 10.2. The molecule has 0 saturated heterocycles. The summed E-state index contributed by atoms with van der Waals surface area (Å²) in [6.07, 6.45) is 2.04. The Balaban J connectivity index is 2.40. The highest BCUT2D eigenvalue weighted by Gasteiger charge is 2.24. The van der Waals surface area contributed by atoms with E-state index in [1.54, 1.807) is 6.92 Å². The van der Waals surface area contributed by atoms with Crippen molar-refractivity contribution in [2.75, 3.05) is 11.4 Å². The summed E-state index contributed by atoms with van der Waals surface area (Å²) >= 11 is 0. The van der Waals surface area contributed by atoms with Gasteiger partial charge in [0.1, 0.15) is 11.4 Å². The first kappa shape index (κ1) is 21.1. The molecule has 2 rings (SSSR count). The van der Waals surface area contributed by atoms with Crippen LogP contribution in [-0.2, 0) is 22.6 Å². The van der Waals surface area contributed by atoms with Gasteiger partial charge in [-0.2, -0.15) is 0 Å². The molecule has 0 N–H and O–H groups in total. The number of benzene rings is 1. The first-order valence-corrected chi connectivity index (χ1v) is 9.25. The fourth-order valence-corrected chi connectivity index (χ4v) is 2.87. The molecule has 1 heterocycles. The largest absolute Gasteiger partial charge is 0.336 e. The van der Waals surface area contributed by atoms with Gasteiger partial charge in [-0.1, -0.05) is 43.7 Å². The van der Waals surface area contributed by atoms with E-state index in [0.717, 1.165) is 18.4 Å². The highest BCUT2D eigenvalue weighted by Crippen LogP contribution is 2.25. The normalized spacial score (nSPS) is 10.5. The maximum Gasteiger partial charge on any atom is 0.311 e. The first-order valence-electron chi connectivity index (χ1n) is 9.25. The highest BCUT2D eigenvalue weighted by atomic mass is 16.6. The van der Waals surface area contributed by atoms with Crippen LogP contribution in [0, 0.1) is 17.0 Å². The van der Waals surface area contributed by atoms with E-state index in [1.165, 1.54) is 0 Å². The van der Waals surface area contributed by atoms with Crippen LogP contribution in [-0.4, -0.2) is 33.5 Å². The average Bonchev–Trinajstić information content (AvgIpc) is 2.69. The number of hydrogen-bond donors (Lipinski definition) is 0. The molecule has 0 radical (unpaired) electrons. The highest BCUT2D eigenvalue weighted by molar-refractivity contribution is 6.24. The van der Waals surface area contributed by atoms with Gasteiger partial charge in [0.05, 0.1) is 4.92 Å². The summed E-state index contributed by atoms with van der Waals surface area (Å²) < 4.78 is 0. The number of nitro groups is 1. The van der Waals surface area contributed by atoms with Crippen LogP contribution in [0.4, 0.5) is 11.6 Å². The van der Waals surface area contributed by atoms with Crippen LogP contribution in [0.25, 0.3) is 0 Å². The van der Waals surface area contributed by atoms with Gasteiger partial charge >= 0.3 is 5.69 Å². The smallest absolute Gasteiger partial charge is 0.311 e. The zero-order valence-electron chi connectivity index (χ0n) is 16.1. The van der Waals surface area contributed by atoms with E-state index in [2.05, 4.69) is 16.9 Å². The van der Waals surface area contributed by atoms with Crippen LogP contribution in [0.3, 0.4) is 0 Å². The van der Waals surface area contributed by atoms with E-state index < -0.39 is 10.7 Å². The third kappa shape index (κ3) is 5.67. The van der Waals surface area contributed by atoms with Gasteiger partial charge in [0, 0.05) is 25.9 Å². The maximum atomic E-state index is 11.5. The Hall–Kier alpha value is -3.16. The number of aldehydes is 1. The van der Waals surface area contributed by atoms with Gasteiger partial charge in [0.2, 0.25) is 5.95 Å². The van der Waals surface area contributed by atoms with Crippen molar-refractivity contribution in [3.05, 3.63) is 57.4 Å². The summed E-state index contributed by atoms with van der Waals surface area (Å²) in [7, 11) is 0. The molecule has 0 aliphatic carbocycles. The Morgan fingerprint density at radius 1 is 1.25 bits per heavy atom. The van der Waals surface area contributed by atoms with Crippen molar-refractivity contribution < 1.29 is 14.5 Å². The van der Waals surface area contributed by atoms with E-state index in [0.29, 0.717) is 19.0 Å². The van der Waals surface area contributed by atoms with Gasteiger partial charge in [-0.25, -0.2) is 9.97 Å². The third-order valence-corrected chi connectivity index (χ3v) is 4.32. The second-order valence-electron chi connectivity index (χ2n) is 6.51. The van der Waals surface area contributed by atoms with E-state index in [1.807, 2.05) is 35.2 Å². The summed E-state index contributed by atoms with van der Waals surface area (Å²) in [4.78, 5) is 43.6. The lowest BCUT2D eigenvalue weighted by molar-refractivity contribution is -0.386. The Morgan fingerprint density at radius 2 is 1.96 bits per heavy atom. The summed E-state index contributed by atoms with van der Waals surface area (Å²) in [5.41, 5.74) is 1.31. The fraction of sp³-hybridized carbons (Fsp3) is 0.400. The maximum absolute atomic E-state index is 11.5. The number of unbranched alkanes of at least 4 members (excludes halogenated alkanes) is 1. The first-order chi connectivity index (χ1) is 13.5. The summed E-state index contributed by atoms with van der Waals surface area (Å²) in [5, 5.41) is 11.5. The zero-order chi connectivity index (χ0) is 20.5. The van der Waals surface area contributed by atoms with Crippen molar-refractivity contribution in [1.82, 2.24) is 9.97 Å². The lowest BCUT2D eigenvalue weighted by Gasteiger charge is -2.23. The lowest BCUT2D eigenvalue weighted by atomic mass is 10.1. The molecule has 148 valence electrons. The van der Waals surface area contributed by atoms with Crippen molar-refractivity contribution in [3.63, 3.8) is 0 Å². The zero-order valence-corrected chi connectivity index (χ0v) is 16.1. The van der Waals surface area contributed by atoms with Gasteiger partial charge in [-0.05, 0) is 18.9 Å². The minimum absolute atomic E-state index is 0.0250. The predicted molar refractivity (Wildman–Crippen MR) is 105 cm³/mol. The molecule has 8 heteroatoms. The average molecular weight is 384 g/mol. The number of carbonyl (C=O) groups excluding carboxylic acids is 2. The molecule has 0 spiro atoms. The van der Waals surface area contributed by atoms with Gasteiger partial charge in [-0.3, -0.25) is 19.7 Å². The third-order valence-electron chi connectivity index (χ3n) is 4.32. The van der Waals surface area contributed by atoms with Crippen molar-refractivity contribution in [2.24, 2.45) is 0 Å². The molecule has 0 unspecified atom stereocenters. The summed E-state index contributed by atoms with van der Waals surface area (Å²) in [6.45, 7) is 4.92. The number of hydrogen-bond acceptors (Lipinski definition) is 7. The Bertz CT molecular complexity index is 840. The topological polar surface area (TPSA) is 106 Å². The molecule has 8 nitrogen and oxygen atoms in total. The van der Waals surface area contributed by atoms with Gasteiger partial charge < -0.3 is 4.90 Å². The number of anilines is 1. The molecule has 0 bridgehead atoms. The van der Waals surface area contributed by atoms with Gasteiger partial charge in [0.25, 0.3) is 0 Å². The second-order valence-corrected chi connectivity index (χ2v) is 6.51. The molecule has 0 saturated carbocycles. The molecule has 1 aromatic heterocycles. The molecule has 0 fully saturated rings. The standard InChI is InChI=1S/C20H24N4O4/c1-3-4-12-23(13-16-8-6-5-7-9-16)20-21-15(2)19(24(27)28)18(22-20)11-10-17(26)14-25/h5-9,14H,3-4,10-13H2,1-2H3. The number of carbonyl (C=O) groups is 2. The van der Waals surface area contributed by atoms with Crippen LogP contribution in [0.1, 0.15) is 43.1 Å². The number of rotatable bonds is 11. The Kier molecular flexibility index (Phi) is 7.74. The number of nitrogens with zero attached hydrogens (tertiary/aromatic N) is 4. The minimum atomic E-state index is -0.612. The molecule has 2 aromatic rings. The Morgan fingerprint density at radius 3 is 2.57 bits per heavy atom. The molecule has 1 aromatic carbocycles. The van der Waals surface area contributed by atoms with Crippen molar-refractivity contribution in [2.45, 2.75) is 46.1 Å². The predicted octanol–water partition coefficient (Wildman–Crippen LogP) is 3.20. The van der Waals surface area contributed by atoms with Crippen LogP contribution in [0.15, 0.2) is 30.3 Å². The minimum Gasteiger partial charge on any atom is -0.336 e. The number of Topliss-reactive ketones (excluding diaryl/α,β-unsaturated/α-hetero) is 1. The molecular weight excluding hydrogens is 360 g/mol. The van der Waals surface area contributed by atoms with Crippen LogP contribution < -0.4 is 4.90 Å². The molecule has 28 heavy (non-hydrogen) atoms. The van der Waals surface area contributed by atoms with E-state index in [9.17, 15) is 19.7 Å². The van der Waals surface area contributed by atoms with Crippen LogP contribution in [0.2, 0.25) is 0 Å². The van der Waals surface area contributed by atoms with Gasteiger partial charge in [0.15, 0.2) is 12.1 Å². The van der Waals surface area contributed by atoms with Crippen molar-refractivity contribution in [1.29, 1.82) is 0 Å².